The highest BCUT2D eigenvalue weighted by Gasteiger charge is 2.14. The summed E-state index contributed by atoms with van der Waals surface area (Å²) in [4.78, 5) is 23.0. The molecule has 0 saturated carbocycles. The number of carbonyl (C=O) groups excluding carboxylic acids is 1. The summed E-state index contributed by atoms with van der Waals surface area (Å²) in [5.74, 6) is -2.19. The van der Waals surface area contributed by atoms with Crippen molar-refractivity contribution in [3.05, 3.63) is 59.4 Å². The molecule has 24 heavy (non-hydrogen) atoms. The van der Waals surface area contributed by atoms with Crippen LogP contribution in [0, 0.1) is 5.82 Å². The fraction of sp³-hybridized carbons (Fsp3) is 0.0625. The molecule has 2 rings (SSSR count). The number of carboxylic acids is 1. The Morgan fingerprint density at radius 2 is 1.92 bits per heavy atom. The first-order chi connectivity index (χ1) is 11.4. The van der Waals surface area contributed by atoms with Crippen LogP contribution in [0.3, 0.4) is 0 Å². The maximum absolute atomic E-state index is 13.6. The lowest BCUT2D eigenvalue weighted by atomic mass is 10.2. The van der Waals surface area contributed by atoms with E-state index >= 15 is 0 Å². The van der Waals surface area contributed by atoms with Gasteiger partial charge < -0.3 is 15.2 Å². The fourth-order valence-corrected chi connectivity index (χ4v) is 2.11. The van der Waals surface area contributed by atoms with Crippen LogP contribution in [0.25, 0.3) is 0 Å². The molecule has 0 aliphatic heterocycles. The Balaban J connectivity index is 2.15. The van der Waals surface area contributed by atoms with Crippen molar-refractivity contribution in [1.29, 1.82) is 0 Å². The van der Waals surface area contributed by atoms with E-state index in [0.717, 1.165) is 6.07 Å². The molecule has 0 bridgehead atoms. The number of nitrogens with one attached hydrogen (secondary N) is 2. The van der Waals surface area contributed by atoms with Gasteiger partial charge in [0.15, 0.2) is 5.11 Å². The van der Waals surface area contributed by atoms with E-state index in [1.54, 1.807) is 0 Å². The lowest BCUT2D eigenvalue weighted by molar-refractivity contribution is 0.0696. The molecule has 0 aromatic heterocycles. The maximum atomic E-state index is 13.6. The third-order valence-electron chi connectivity index (χ3n) is 3.04. The summed E-state index contributed by atoms with van der Waals surface area (Å²) in [6, 6.07) is 9.59. The Labute approximate surface area is 142 Å². The predicted octanol–water partition coefficient (Wildman–Crippen LogP) is 2.66. The molecule has 0 aliphatic rings. The molecule has 2 aromatic rings. The number of hydrogen-bond acceptors (Lipinski definition) is 4. The van der Waals surface area contributed by atoms with Gasteiger partial charge in [-0.2, -0.15) is 0 Å². The molecule has 0 unspecified atom stereocenters. The topological polar surface area (TPSA) is 87.7 Å². The Kier molecular flexibility index (Phi) is 5.43. The first-order valence-electron chi connectivity index (χ1n) is 6.70. The van der Waals surface area contributed by atoms with Crippen LogP contribution in [0.1, 0.15) is 20.7 Å². The van der Waals surface area contributed by atoms with Gasteiger partial charge in [-0.05, 0) is 42.5 Å². The highest BCUT2D eigenvalue weighted by molar-refractivity contribution is 7.80. The molecule has 0 radical (unpaired) electrons. The summed E-state index contributed by atoms with van der Waals surface area (Å²) in [5, 5.41) is 13.9. The number of amides is 1. The molecule has 124 valence electrons. The Morgan fingerprint density at radius 3 is 2.54 bits per heavy atom. The van der Waals surface area contributed by atoms with Gasteiger partial charge in [0, 0.05) is 0 Å². The average Bonchev–Trinajstić information content (AvgIpc) is 2.54. The number of anilines is 1. The number of carboxylic acid groups (broad SMARTS) is 1. The summed E-state index contributed by atoms with van der Waals surface area (Å²) in [6.45, 7) is 0. The third-order valence-corrected chi connectivity index (χ3v) is 3.24. The van der Waals surface area contributed by atoms with Crippen LogP contribution in [0.2, 0.25) is 0 Å². The molecule has 0 aliphatic carbocycles. The normalized spacial score (nSPS) is 9.92. The molecule has 6 nitrogen and oxygen atoms in total. The van der Waals surface area contributed by atoms with Gasteiger partial charge in [-0.1, -0.05) is 12.1 Å². The fourth-order valence-electron chi connectivity index (χ4n) is 1.91. The van der Waals surface area contributed by atoms with E-state index in [0.29, 0.717) is 5.75 Å². The second-order valence-electron chi connectivity index (χ2n) is 4.61. The number of hydrogen-bond donors (Lipinski definition) is 3. The minimum atomic E-state index is -1.12. The predicted molar refractivity (Wildman–Crippen MR) is 90.0 cm³/mol. The number of halogens is 1. The van der Waals surface area contributed by atoms with Crippen LogP contribution in [0.5, 0.6) is 5.75 Å². The molecule has 0 spiro atoms. The largest absolute Gasteiger partial charge is 0.495 e. The number of methoxy groups -OCH3 is 1. The van der Waals surface area contributed by atoms with Crippen molar-refractivity contribution in [1.82, 2.24) is 5.32 Å². The number of aromatic carboxylic acids is 1. The van der Waals surface area contributed by atoms with Crippen molar-refractivity contribution in [2.24, 2.45) is 0 Å². The van der Waals surface area contributed by atoms with Crippen molar-refractivity contribution in [2.45, 2.75) is 0 Å². The minimum Gasteiger partial charge on any atom is -0.495 e. The van der Waals surface area contributed by atoms with Gasteiger partial charge in [0.05, 0.1) is 23.9 Å². The highest BCUT2D eigenvalue weighted by atomic mass is 32.1. The number of benzene rings is 2. The highest BCUT2D eigenvalue weighted by Crippen LogP contribution is 2.25. The third kappa shape index (κ3) is 4.05. The first-order valence-corrected chi connectivity index (χ1v) is 7.11. The lowest BCUT2D eigenvalue weighted by Gasteiger charge is -2.13. The Morgan fingerprint density at radius 1 is 1.21 bits per heavy atom. The lowest BCUT2D eigenvalue weighted by Crippen LogP contribution is -2.34. The van der Waals surface area contributed by atoms with E-state index in [-0.39, 0.29) is 21.9 Å². The minimum absolute atomic E-state index is 0.0153. The smallest absolute Gasteiger partial charge is 0.335 e. The van der Waals surface area contributed by atoms with Crippen molar-refractivity contribution in [3.63, 3.8) is 0 Å². The zero-order valence-electron chi connectivity index (χ0n) is 12.5. The standard InChI is InChI=1S/C16H13FN2O4S/c1-23-13-7-6-9(15(21)22)8-12(13)18-16(24)19-14(20)10-4-2-3-5-11(10)17/h2-8H,1H3,(H,21,22)(H2,18,19,20,24). The summed E-state index contributed by atoms with van der Waals surface area (Å²) >= 11 is 5.00. The van der Waals surface area contributed by atoms with Crippen molar-refractivity contribution in [3.8, 4) is 5.75 Å². The summed E-state index contributed by atoms with van der Waals surface area (Å²) < 4.78 is 18.7. The van der Waals surface area contributed by atoms with E-state index < -0.39 is 17.7 Å². The first kappa shape index (κ1) is 17.4. The van der Waals surface area contributed by atoms with Crippen LogP contribution in [0.15, 0.2) is 42.5 Å². The molecule has 0 heterocycles. The van der Waals surface area contributed by atoms with Gasteiger partial charge in [0.2, 0.25) is 0 Å². The van der Waals surface area contributed by atoms with Gasteiger partial charge in [-0.15, -0.1) is 0 Å². The zero-order chi connectivity index (χ0) is 17.7. The molecule has 0 fully saturated rings. The molecule has 0 saturated heterocycles. The average molecular weight is 348 g/mol. The number of thiocarbonyl (C=S) groups is 1. The second-order valence-corrected chi connectivity index (χ2v) is 5.02. The van der Waals surface area contributed by atoms with Crippen LogP contribution in [-0.2, 0) is 0 Å². The SMILES string of the molecule is COc1ccc(C(=O)O)cc1NC(=S)NC(=O)c1ccccc1F. The molecule has 0 atom stereocenters. The van der Waals surface area contributed by atoms with Gasteiger partial charge in [-0.25, -0.2) is 9.18 Å². The van der Waals surface area contributed by atoms with E-state index in [4.69, 9.17) is 22.1 Å². The van der Waals surface area contributed by atoms with Crippen LogP contribution in [-0.4, -0.2) is 29.2 Å². The molecular formula is C16H13FN2O4S. The van der Waals surface area contributed by atoms with Gasteiger partial charge in [0.25, 0.3) is 5.91 Å². The van der Waals surface area contributed by atoms with E-state index in [1.165, 1.54) is 43.5 Å². The van der Waals surface area contributed by atoms with Crippen LogP contribution < -0.4 is 15.4 Å². The van der Waals surface area contributed by atoms with E-state index in [9.17, 15) is 14.0 Å². The second kappa shape index (κ2) is 7.51. The Bertz CT molecular complexity index is 810. The molecule has 3 N–H and O–H groups in total. The monoisotopic (exact) mass is 348 g/mol. The molecule has 8 heteroatoms. The van der Waals surface area contributed by atoms with Crippen molar-refractivity contribution in [2.75, 3.05) is 12.4 Å². The van der Waals surface area contributed by atoms with Gasteiger partial charge in [-0.3, -0.25) is 10.1 Å². The summed E-state index contributed by atoms with van der Waals surface area (Å²) in [5.41, 5.74) is 0.116. The van der Waals surface area contributed by atoms with Crippen molar-refractivity contribution < 1.29 is 23.8 Å². The number of ether oxygens (including phenoxy) is 1. The van der Waals surface area contributed by atoms with Crippen LogP contribution >= 0.6 is 12.2 Å². The number of carbonyl (C=O) groups is 2. The van der Waals surface area contributed by atoms with E-state index in [1.807, 2.05) is 0 Å². The molecular weight excluding hydrogens is 335 g/mol. The molecule has 2 aromatic carbocycles. The summed E-state index contributed by atoms with van der Waals surface area (Å²) in [7, 11) is 1.40. The van der Waals surface area contributed by atoms with Gasteiger partial charge in [0.1, 0.15) is 11.6 Å². The zero-order valence-corrected chi connectivity index (χ0v) is 13.3. The number of rotatable bonds is 4. The van der Waals surface area contributed by atoms with Crippen LogP contribution in [0.4, 0.5) is 10.1 Å². The molecule has 1 amide bonds. The summed E-state index contributed by atoms with van der Waals surface area (Å²) in [6.07, 6.45) is 0. The Hall–Kier alpha value is -3.00. The van der Waals surface area contributed by atoms with Crippen molar-refractivity contribution >= 4 is 34.9 Å². The van der Waals surface area contributed by atoms with Gasteiger partial charge >= 0.3 is 5.97 Å². The van der Waals surface area contributed by atoms with E-state index in [2.05, 4.69) is 10.6 Å². The maximum Gasteiger partial charge on any atom is 0.335 e. The quantitative estimate of drug-likeness (QED) is 0.737.